The third-order valence-corrected chi connectivity index (χ3v) is 8.30. The normalized spacial score (nSPS) is 19.0. The summed E-state index contributed by atoms with van der Waals surface area (Å²) in [6.07, 6.45) is 10.5. The summed E-state index contributed by atoms with van der Waals surface area (Å²) in [4.78, 5) is 41.6. The minimum absolute atomic E-state index is 0.248. The number of hydrogen-bond acceptors (Lipinski definition) is 9. The zero-order valence-electron chi connectivity index (χ0n) is 27.7. The zero-order valence-corrected chi connectivity index (χ0v) is 27.7. The van der Waals surface area contributed by atoms with Crippen molar-refractivity contribution >= 4 is 29.6 Å². The molecule has 3 unspecified atom stereocenters. The van der Waals surface area contributed by atoms with Crippen LogP contribution in [-0.4, -0.2) is 73.5 Å². The van der Waals surface area contributed by atoms with Crippen LogP contribution in [0.1, 0.15) is 75.5 Å². The third-order valence-electron chi connectivity index (χ3n) is 8.30. The smallest absolute Gasteiger partial charge is 0.223 e. The van der Waals surface area contributed by atoms with E-state index in [1.54, 1.807) is 53.5 Å². The van der Waals surface area contributed by atoms with Gasteiger partial charge in [-0.25, -0.2) is 0 Å². The predicted octanol–water partition coefficient (Wildman–Crippen LogP) is 5.74. The van der Waals surface area contributed by atoms with Crippen LogP contribution in [0.25, 0.3) is 12.2 Å². The van der Waals surface area contributed by atoms with E-state index >= 15 is 0 Å². The maximum Gasteiger partial charge on any atom is 0.223 e. The van der Waals surface area contributed by atoms with E-state index in [4.69, 9.17) is 23.7 Å². The third kappa shape index (κ3) is 10.5. The number of rotatable bonds is 16. The van der Waals surface area contributed by atoms with Gasteiger partial charge in [0.1, 0.15) is 5.75 Å². The number of aliphatic hydroxyl groups excluding tert-OH is 1. The Morgan fingerprint density at radius 2 is 1.38 bits per heavy atom. The summed E-state index contributed by atoms with van der Waals surface area (Å²) in [6, 6.07) is 10.5. The Morgan fingerprint density at radius 3 is 1.89 bits per heavy atom. The minimum atomic E-state index is -1.20. The van der Waals surface area contributed by atoms with E-state index in [0.717, 1.165) is 38.5 Å². The summed E-state index contributed by atoms with van der Waals surface area (Å²) in [6.45, 7) is 5.69. The number of benzene rings is 2. The van der Waals surface area contributed by atoms with Crippen molar-refractivity contribution in [2.75, 3.05) is 33.4 Å². The molecule has 0 radical (unpaired) electrons. The molecule has 47 heavy (non-hydrogen) atoms. The molecule has 2 aliphatic rings. The number of amides is 1. The van der Waals surface area contributed by atoms with Crippen LogP contribution >= 0.6 is 0 Å². The van der Waals surface area contributed by atoms with Crippen LogP contribution in [0.15, 0.2) is 48.6 Å². The standard InChI is InChI=1S/C37H47NO9/c1-4-38(5-2)35(42)24-29(30(40)16-12-26-14-18-32(28(22-26)25-39)46-36-10-6-8-20-44-36)31(41)17-13-27-15-19-33(34(23-27)43-3)47-37-11-7-9-21-45-37/h12-19,22-23,29,36-37,39H,4-11,20-21,24-25H2,1-3H3. The summed E-state index contributed by atoms with van der Waals surface area (Å²) in [7, 11) is 1.54. The molecule has 2 aromatic carbocycles. The molecule has 0 saturated carbocycles. The van der Waals surface area contributed by atoms with Crippen molar-refractivity contribution in [1.82, 2.24) is 4.90 Å². The summed E-state index contributed by atoms with van der Waals surface area (Å²) < 4.78 is 28.8. The first kappa shape index (κ1) is 35.9. The van der Waals surface area contributed by atoms with Crippen molar-refractivity contribution in [3.63, 3.8) is 0 Å². The lowest BCUT2D eigenvalue weighted by Crippen LogP contribution is -2.35. The van der Waals surface area contributed by atoms with Crippen molar-refractivity contribution in [3.05, 3.63) is 65.2 Å². The van der Waals surface area contributed by atoms with Crippen molar-refractivity contribution in [2.45, 2.75) is 78.0 Å². The maximum absolute atomic E-state index is 13.5. The highest BCUT2D eigenvalue weighted by molar-refractivity contribution is 6.15. The van der Waals surface area contributed by atoms with E-state index in [9.17, 15) is 19.5 Å². The molecule has 2 aromatic rings. The molecule has 0 spiro atoms. The monoisotopic (exact) mass is 649 g/mol. The largest absolute Gasteiger partial charge is 0.493 e. The van der Waals surface area contributed by atoms with Crippen molar-refractivity contribution in [3.8, 4) is 17.2 Å². The number of ether oxygens (including phenoxy) is 5. The average Bonchev–Trinajstić information content (AvgIpc) is 3.10. The Balaban J connectivity index is 1.49. The molecule has 2 heterocycles. The number of aliphatic hydroxyl groups is 1. The average molecular weight is 650 g/mol. The molecule has 10 nitrogen and oxygen atoms in total. The van der Waals surface area contributed by atoms with Gasteiger partial charge in [0.25, 0.3) is 0 Å². The second kappa shape index (κ2) is 18.4. The topological polar surface area (TPSA) is 121 Å². The molecule has 0 aliphatic carbocycles. The molecule has 1 N–H and O–H groups in total. The lowest BCUT2D eigenvalue weighted by Gasteiger charge is -2.24. The molecule has 2 saturated heterocycles. The zero-order chi connectivity index (χ0) is 33.6. The molecule has 1 amide bonds. The van der Waals surface area contributed by atoms with E-state index in [-0.39, 0.29) is 31.5 Å². The Labute approximate surface area is 277 Å². The van der Waals surface area contributed by atoms with Gasteiger partial charge in [0.15, 0.2) is 35.6 Å². The summed E-state index contributed by atoms with van der Waals surface area (Å²) in [5.74, 6) is -0.900. The van der Waals surface area contributed by atoms with Crippen LogP contribution < -0.4 is 14.2 Å². The van der Waals surface area contributed by atoms with Gasteiger partial charge in [0.2, 0.25) is 5.91 Å². The van der Waals surface area contributed by atoms with Crippen molar-refractivity contribution in [2.24, 2.45) is 5.92 Å². The van der Waals surface area contributed by atoms with Crippen LogP contribution in [0.2, 0.25) is 0 Å². The van der Waals surface area contributed by atoms with E-state index < -0.39 is 17.5 Å². The van der Waals surface area contributed by atoms with Crippen LogP contribution in [-0.2, 0) is 30.5 Å². The number of nitrogens with zero attached hydrogens (tertiary/aromatic N) is 1. The second-order valence-electron chi connectivity index (χ2n) is 11.6. The molecule has 2 fully saturated rings. The highest BCUT2D eigenvalue weighted by Gasteiger charge is 2.28. The SMILES string of the molecule is CCN(CC)C(=O)CC(C(=O)C=Cc1ccc(OC2CCCCO2)c(CO)c1)C(=O)C=Cc1ccc(OC2CCCCO2)c(OC)c1. The van der Waals surface area contributed by atoms with E-state index in [1.807, 2.05) is 13.8 Å². The summed E-state index contributed by atoms with van der Waals surface area (Å²) >= 11 is 0. The lowest BCUT2D eigenvalue weighted by molar-refractivity contribution is -0.137. The number of allylic oxidation sites excluding steroid dienone is 2. The first-order chi connectivity index (χ1) is 22.8. The van der Waals surface area contributed by atoms with Crippen molar-refractivity contribution < 1.29 is 43.2 Å². The molecule has 0 bridgehead atoms. The molecular formula is C37H47NO9. The first-order valence-corrected chi connectivity index (χ1v) is 16.5. The van der Waals surface area contributed by atoms with Gasteiger partial charge in [-0.1, -0.05) is 24.3 Å². The van der Waals surface area contributed by atoms with Crippen LogP contribution in [0.3, 0.4) is 0 Å². The van der Waals surface area contributed by atoms with Crippen LogP contribution in [0.4, 0.5) is 0 Å². The van der Waals surface area contributed by atoms with Gasteiger partial charge in [0, 0.05) is 37.9 Å². The Bertz CT molecular complexity index is 1310. The van der Waals surface area contributed by atoms with Crippen LogP contribution in [0, 0.1) is 5.92 Å². The number of carbonyl (C=O) groups is 3. The summed E-state index contributed by atoms with van der Waals surface area (Å²) in [5, 5.41) is 9.96. The number of hydrogen-bond donors (Lipinski definition) is 1. The van der Waals surface area contributed by atoms with Gasteiger partial charge in [-0.3, -0.25) is 14.4 Å². The number of ketones is 2. The van der Waals surface area contributed by atoms with E-state index in [1.165, 1.54) is 19.3 Å². The summed E-state index contributed by atoms with van der Waals surface area (Å²) in [5.41, 5.74) is 1.87. The number of carbonyl (C=O) groups excluding carboxylic acids is 3. The van der Waals surface area contributed by atoms with Gasteiger partial charge in [-0.05, 0) is 87.1 Å². The van der Waals surface area contributed by atoms with Gasteiger partial charge in [0.05, 0.1) is 32.8 Å². The Hall–Kier alpha value is -3.99. The molecule has 10 heteroatoms. The lowest BCUT2D eigenvalue weighted by atomic mass is 9.92. The van der Waals surface area contributed by atoms with E-state index in [0.29, 0.717) is 60.2 Å². The quantitative estimate of drug-likeness (QED) is 0.179. The highest BCUT2D eigenvalue weighted by atomic mass is 16.7. The molecule has 0 aromatic heterocycles. The highest BCUT2D eigenvalue weighted by Crippen LogP contribution is 2.31. The maximum atomic E-state index is 13.5. The van der Waals surface area contributed by atoms with Gasteiger partial charge >= 0.3 is 0 Å². The Morgan fingerprint density at radius 1 is 0.830 bits per heavy atom. The molecular weight excluding hydrogens is 602 g/mol. The fourth-order valence-corrected chi connectivity index (χ4v) is 5.53. The molecule has 254 valence electrons. The fourth-order valence-electron chi connectivity index (χ4n) is 5.53. The van der Waals surface area contributed by atoms with Gasteiger partial charge < -0.3 is 33.7 Å². The van der Waals surface area contributed by atoms with Crippen molar-refractivity contribution in [1.29, 1.82) is 0 Å². The van der Waals surface area contributed by atoms with Gasteiger partial charge in [-0.2, -0.15) is 0 Å². The van der Waals surface area contributed by atoms with Crippen LogP contribution in [0.5, 0.6) is 17.2 Å². The predicted molar refractivity (Wildman–Crippen MR) is 178 cm³/mol. The molecule has 3 atom stereocenters. The molecule has 4 rings (SSSR count). The molecule has 2 aliphatic heterocycles. The second-order valence-corrected chi connectivity index (χ2v) is 11.6. The van der Waals surface area contributed by atoms with E-state index in [2.05, 4.69) is 0 Å². The first-order valence-electron chi connectivity index (χ1n) is 16.5. The van der Waals surface area contributed by atoms with Gasteiger partial charge in [-0.15, -0.1) is 0 Å². The fraction of sp³-hybridized carbons (Fsp3) is 0.486. The minimum Gasteiger partial charge on any atom is -0.493 e. The Kier molecular flexibility index (Phi) is 14.0. The number of methoxy groups -OCH3 is 1.